The van der Waals surface area contributed by atoms with E-state index in [0.717, 1.165) is 0 Å². The lowest BCUT2D eigenvalue weighted by atomic mass is 10.3. The maximum absolute atomic E-state index is 11.7. The monoisotopic (exact) mass is 282 g/mol. The second-order valence-corrected chi connectivity index (χ2v) is 4.95. The molecular formula is C11H11ClN4OS. The highest BCUT2D eigenvalue weighted by molar-refractivity contribution is 7.99. The van der Waals surface area contributed by atoms with Gasteiger partial charge in [0.05, 0.1) is 5.75 Å². The van der Waals surface area contributed by atoms with Gasteiger partial charge in [-0.3, -0.25) is 4.79 Å². The third kappa shape index (κ3) is 3.48. The van der Waals surface area contributed by atoms with Crippen molar-refractivity contribution in [3.63, 3.8) is 0 Å². The highest BCUT2D eigenvalue weighted by Gasteiger charge is 2.07. The molecule has 0 saturated heterocycles. The molecule has 1 heterocycles. The molecule has 1 aromatic carbocycles. The van der Waals surface area contributed by atoms with Crippen molar-refractivity contribution in [1.29, 1.82) is 0 Å². The Labute approximate surface area is 114 Å². The van der Waals surface area contributed by atoms with Crippen molar-refractivity contribution < 1.29 is 4.79 Å². The fourth-order valence-electron chi connectivity index (χ4n) is 1.30. The molecule has 7 heteroatoms. The van der Waals surface area contributed by atoms with Crippen LogP contribution < -0.4 is 5.32 Å². The van der Waals surface area contributed by atoms with E-state index in [2.05, 4.69) is 15.5 Å². The fourth-order valence-corrected chi connectivity index (χ4v) is 2.17. The molecule has 0 fully saturated rings. The molecule has 0 spiro atoms. The number of nitrogens with one attached hydrogen (secondary N) is 1. The van der Waals surface area contributed by atoms with Gasteiger partial charge in [-0.25, -0.2) is 0 Å². The van der Waals surface area contributed by atoms with Crippen molar-refractivity contribution >= 4 is 35.0 Å². The number of carbonyl (C=O) groups excluding carboxylic acids is 1. The number of anilines is 1. The fraction of sp³-hybridized carbons (Fsp3) is 0.182. The van der Waals surface area contributed by atoms with Gasteiger partial charge in [-0.2, -0.15) is 0 Å². The molecular weight excluding hydrogens is 272 g/mol. The Morgan fingerprint density at radius 1 is 1.56 bits per heavy atom. The maximum atomic E-state index is 11.7. The number of aryl methyl sites for hydroxylation is 1. The van der Waals surface area contributed by atoms with Gasteiger partial charge in [0.1, 0.15) is 6.33 Å². The van der Waals surface area contributed by atoms with Crippen LogP contribution in [0.4, 0.5) is 5.69 Å². The lowest BCUT2D eigenvalue weighted by Crippen LogP contribution is -2.14. The molecule has 5 nitrogen and oxygen atoms in total. The first-order valence-corrected chi connectivity index (χ1v) is 6.54. The first-order valence-electron chi connectivity index (χ1n) is 5.17. The molecule has 1 N–H and O–H groups in total. The molecule has 2 rings (SSSR count). The van der Waals surface area contributed by atoms with E-state index in [1.54, 1.807) is 35.2 Å². The number of amides is 1. The normalized spacial score (nSPS) is 10.3. The van der Waals surface area contributed by atoms with Gasteiger partial charge in [-0.1, -0.05) is 29.4 Å². The van der Waals surface area contributed by atoms with Crippen LogP contribution in [0.5, 0.6) is 0 Å². The van der Waals surface area contributed by atoms with Crippen molar-refractivity contribution in [1.82, 2.24) is 14.8 Å². The number of carbonyl (C=O) groups is 1. The predicted octanol–water partition coefficient (Wildman–Crippen LogP) is 2.20. The minimum Gasteiger partial charge on any atom is -0.325 e. The van der Waals surface area contributed by atoms with Crippen LogP contribution in [0.25, 0.3) is 0 Å². The van der Waals surface area contributed by atoms with E-state index in [-0.39, 0.29) is 11.7 Å². The summed E-state index contributed by atoms with van der Waals surface area (Å²) < 4.78 is 1.76. The van der Waals surface area contributed by atoms with Gasteiger partial charge in [0.25, 0.3) is 0 Å². The Morgan fingerprint density at radius 2 is 2.39 bits per heavy atom. The van der Waals surface area contributed by atoms with Gasteiger partial charge in [-0.15, -0.1) is 10.2 Å². The van der Waals surface area contributed by atoms with Crippen LogP contribution in [0.3, 0.4) is 0 Å². The van der Waals surface area contributed by atoms with Gasteiger partial charge >= 0.3 is 0 Å². The van der Waals surface area contributed by atoms with Crippen LogP contribution in [0, 0.1) is 0 Å². The molecule has 0 bridgehead atoms. The van der Waals surface area contributed by atoms with Gasteiger partial charge in [-0.05, 0) is 18.2 Å². The summed E-state index contributed by atoms with van der Waals surface area (Å²) in [5, 5.41) is 11.7. The first-order chi connectivity index (χ1) is 8.65. The molecule has 0 aliphatic rings. The average molecular weight is 283 g/mol. The van der Waals surface area contributed by atoms with Gasteiger partial charge in [0.2, 0.25) is 5.91 Å². The molecule has 1 amide bonds. The van der Waals surface area contributed by atoms with Crippen LogP contribution in [0.15, 0.2) is 35.7 Å². The maximum Gasteiger partial charge on any atom is 0.234 e. The second-order valence-electron chi connectivity index (χ2n) is 3.57. The quantitative estimate of drug-likeness (QED) is 0.874. The molecule has 0 radical (unpaired) electrons. The smallest absolute Gasteiger partial charge is 0.234 e. The van der Waals surface area contributed by atoms with Crippen molar-refractivity contribution in [2.24, 2.45) is 7.05 Å². The van der Waals surface area contributed by atoms with Gasteiger partial charge in [0.15, 0.2) is 5.16 Å². The molecule has 0 unspecified atom stereocenters. The van der Waals surface area contributed by atoms with Crippen LogP contribution >= 0.6 is 23.4 Å². The highest BCUT2D eigenvalue weighted by Crippen LogP contribution is 2.17. The molecule has 94 valence electrons. The van der Waals surface area contributed by atoms with E-state index in [0.29, 0.717) is 15.9 Å². The summed E-state index contributed by atoms with van der Waals surface area (Å²) in [7, 11) is 1.83. The number of hydrogen-bond donors (Lipinski definition) is 1. The summed E-state index contributed by atoms with van der Waals surface area (Å²) in [5.74, 6) is 0.171. The topological polar surface area (TPSA) is 59.8 Å². The SMILES string of the molecule is Cn1cnnc1SCC(=O)Nc1cccc(Cl)c1. The lowest BCUT2D eigenvalue weighted by molar-refractivity contribution is -0.113. The standard InChI is InChI=1S/C11H11ClN4OS/c1-16-7-13-15-11(16)18-6-10(17)14-9-4-2-3-8(12)5-9/h2-5,7H,6H2,1H3,(H,14,17). The van der Waals surface area contributed by atoms with Crippen LogP contribution in [-0.2, 0) is 11.8 Å². The molecule has 0 saturated carbocycles. The van der Waals surface area contributed by atoms with Crippen molar-refractivity contribution in [3.8, 4) is 0 Å². The zero-order valence-electron chi connectivity index (χ0n) is 9.63. The summed E-state index contributed by atoms with van der Waals surface area (Å²) in [5.41, 5.74) is 0.686. The van der Waals surface area contributed by atoms with E-state index in [1.807, 2.05) is 7.05 Å². The molecule has 1 aromatic heterocycles. The summed E-state index contributed by atoms with van der Waals surface area (Å²) in [6, 6.07) is 7.03. The largest absolute Gasteiger partial charge is 0.325 e. The van der Waals surface area contributed by atoms with Crippen LogP contribution in [0.2, 0.25) is 5.02 Å². The summed E-state index contributed by atoms with van der Waals surface area (Å²) in [4.78, 5) is 11.7. The first kappa shape index (κ1) is 12.9. The van der Waals surface area contributed by atoms with Crippen LogP contribution in [-0.4, -0.2) is 26.4 Å². The average Bonchev–Trinajstić information content (AvgIpc) is 2.72. The van der Waals surface area contributed by atoms with E-state index >= 15 is 0 Å². The number of rotatable bonds is 4. The zero-order chi connectivity index (χ0) is 13.0. The third-order valence-electron chi connectivity index (χ3n) is 2.11. The Morgan fingerprint density at radius 3 is 3.06 bits per heavy atom. The third-order valence-corrected chi connectivity index (χ3v) is 3.38. The van der Waals surface area contributed by atoms with Crippen molar-refractivity contribution in [3.05, 3.63) is 35.6 Å². The van der Waals surface area contributed by atoms with E-state index < -0.39 is 0 Å². The number of thioether (sulfide) groups is 1. The highest BCUT2D eigenvalue weighted by atomic mass is 35.5. The molecule has 0 atom stereocenters. The second kappa shape index (κ2) is 5.88. The number of aromatic nitrogens is 3. The zero-order valence-corrected chi connectivity index (χ0v) is 11.2. The molecule has 2 aromatic rings. The number of halogens is 1. The van der Waals surface area contributed by atoms with Crippen LogP contribution in [0.1, 0.15) is 0 Å². The number of nitrogens with zero attached hydrogens (tertiary/aromatic N) is 3. The van der Waals surface area contributed by atoms with Gasteiger partial charge < -0.3 is 9.88 Å². The summed E-state index contributed by atoms with van der Waals surface area (Å²) >= 11 is 7.16. The predicted molar refractivity (Wildman–Crippen MR) is 71.8 cm³/mol. The summed E-state index contributed by atoms with van der Waals surface area (Å²) in [6.45, 7) is 0. The van der Waals surface area contributed by atoms with Gasteiger partial charge in [0, 0.05) is 17.8 Å². The lowest BCUT2D eigenvalue weighted by Gasteiger charge is -2.04. The Bertz CT molecular complexity index is 557. The summed E-state index contributed by atoms with van der Waals surface area (Å²) in [6.07, 6.45) is 1.59. The molecule has 18 heavy (non-hydrogen) atoms. The Hall–Kier alpha value is -1.53. The van der Waals surface area contributed by atoms with Crippen molar-refractivity contribution in [2.45, 2.75) is 5.16 Å². The minimum atomic E-state index is -0.106. The number of benzene rings is 1. The van der Waals surface area contributed by atoms with Crippen molar-refractivity contribution in [2.75, 3.05) is 11.1 Å². The minimum absolute atomic E-state index is 0.106. The van der Waals surface area contributed by atoms with E-state index in [4.69, 9.17) is 11.6 Å². The van der Waals surface area contributed by atoms with E-state index in [9.17, 15) is 4.79 Å². The number of hydrogen-bond acceptors (Lipinski definition) is 4. The molecule has 0 aliphatic heterocycles. The Kier molecular flexibility index (Phi) is 4.22. The van der Waals surface area contributed by atoms with E-state index in [1.165, 1.54) is 11.8 Å². The Balaban J connectivity index is 1.88. The molecule has 0 aliphatic carbocycles.